The van der Waals surface area contributed by atoms with Gasteiger partial charge in [0.1, 0.15) is 0 Å². The average Bonchev–Trinajstić information content (AvgIpc) is 2.57. The van der Waals surface area contributed by atoms with Crippen molar-refractivity contribution in [2.45, 2.75) is 0 Å². The second-order valence-electron chi connectivity index (χ2n) is 2.58. The molecule has 72 valence electrons. The van der Waals surface area contributed by atoms with Gasteiger partial charge in [0.15, 0.2) is 5.82 Å². The Hall–Kier alpha value is -0.580. The molecule has 3 nitrogen and oxygen atoms in total. The molecule has 1 heterocycles. The van der Waals surface area contributed by atoms with Crippen LogP contribution < -0.4 is 0 Å². The summed E-state index contributed by atoms with van der Waals surface area (Å²) in [5, 5.41) is 7.40. The van der Waals surface area contributed by atoms with E-state index in [1.54, 1.807) is 6.07 Å². The SMILES string of the molecule is Clc1nc(-c2ccc(Cl)c(Br)c2)n[nH]1. The summed E-state index contributed by atoms with van der Waals surface area (Å²) in [4.78, 5) is 3.99. The number of benzene rings is 1. The van der Waals surface area contributed by atoms with E-state index in [9.17, 15) is 0 Å². The van der Waals surface area contributed by atoms with Crippen molar-refractivity contribution in [3.05, 3.63) is 33.0 Å². The van der Waals surface area contributed by atoms with Crippen LogP contribution in [0.15, 0.2) is 22.7 Å². The molecule has 0 fully saturated rings. The summed E-state index contributed by atoms with van der Waals surface area (Å²) in [6.07, 6.45) is 0. The molecule has 0 radical (unpaired) electrons. The standard InChI is InChI=1S/C8H4BrCl2N3/c9-5-3-4(1-2-6(5)10)7-12-8(11)14-13-7/h1-3H,(H,12,13,14). The van der Waals surface area contributed by atoms with Gasteiger partial charge < -0.3 is 0 Å². The van der Waals surface area contributed by atoms with Crippen molar-refractivity contribution in [2.75, 3.05) is 0 Å². The molecule has 2 rings (SSSR count). The van der Waals surface area contributed by atoms with Gasteiger partial charge in [0.05, 0.1) is 5.02 Å². The van der Waals surface area contributed by atoms with Gasteiger partial charge in [0.25, 0.3) is 0 Å². The van der Waals surface area contributed by atoms with Crippen molar-refractivity contribution in [2.24, 2.45) is 0 Å². The van der Waals surface area contributed by atoms with Crippen LogP contribution in [0.5, 0.6) is 0 Å². The fourth-order valence-corrected chi connectivity index (χ4v) is 1.63. The first-order valence-electron chi connectivity index (χ1n) is 3.70. The highest BCUT2D eigenvalue weighted by Gasteiger charge is 2.06. The number of aromatic amines is 1. The summed E-state index contributed by atoms with van der Waals surface area (Å²) >= 11 is 14.8. The minimum Gasteiger partial charge on any atom is -0.249 e. The van der Waals surface area contributed by atoms with Gasteiger partial charge >= 0.3 is 0 Å². The fourth-order valence-electron chi connectivity index (χ4n) is 1.01. The number of hydrogen-bond acceptors (Lipinski definition) is 2. The van der Waals surface area contributed by atoms with E-state index in [4.69, 9.17) is 23.2 Å². The Kier molecular flexibility index (Phi) is 2.76. The van der Waals surface area contributed by atoms with Crippen LogP contribution in [-0.2, 0) is 0 Å². The van der Waals surface area contributed by atoms with E-state index >= 15 is 0 Å². The number of H-pyrrole nitrogens is 1. The first-order valence-corrected chi connectivity index (χ1v) is 5.25. The van der Waals surface area contributed by atoms with Crippen LogP contribution in [0.4, 0.5) is 0 Å². The van der Waals surface area contributed by atoms with Gasteiger partial charge in [-0.1, -0.05) is 11.6 Å². The maximum atomic E-state index is 5.85. The van der Waals surface area contributed by atoms with Crippen molar-refractivity contribution in [3.63, 3.8) is 0 Å². The largest absolute Gasteiger partial charge is 0.249 e. The monoisotopic (exact) mass is 291 g/mol. The second kappa shape index (κ2) is 3.88. The molecule has 0 aliphatic heterocycles. The van der Waals surface area contributed by atoms with Crippen LogP contribution in [-0.4, -0.2) is 15.2 Å². The maximum absolute atomic E-state index is 5.85. The first-order chi connectivity index (χ1) is 6.66. The lowest BCUT2D eigenvalue weighted by Crippen LogP contribution is -1.81. The van der Waals surface area contributed by atoms with E-state index in [1.807, 2.05) is 12.1 Å². The van der Waals surface area contributed by atoms with Crippen molar-refractivity contribution < 1.29 is 0 Å². The highest BCUT2D eigenvalue weighted by molar-refractivity contribution is 9.10. The Balaban J connectivity index is 2.47. The molecule has 1 N–H and O–H groups in total. The van der Waals surface area contributed by atoms with E-state index in [0.717, 1.165) is 10.0 Å². The van der Waals surface area contributed by atoms with Gasteiger partial charge in [-0.15, -0.1) is 0 Å². The maximum Gasteiger partial charge on any atom is 0.218 e. The molecule has 1 aromatic carbocycles. The highest BCUT2D eigenvalue weighted by Crippen LogP contribution is 2.27. The third kappa shape index (κ3) is 1.92. The molecule has 0 saturated carbocycles. The zero-order valence-electron chi connectivity index (χ0n) is 6.76. The quantitative estimate of drug-likeness (QED) is 0.873. The van der Waals surface area contributed by atoms with Crippen LogP contribution in [0.25, 0.3) is 11.4 Å². The van der Waals surface area contributed by atoms with Crippen LogP contribution in [0.2, 0.25) is 10.3 Å². The Morgan fingerprint density at radius 2 is 2.07 bits per heavy atom. The topological polar surface area (TPSA) is 41.6 Å². The summed E-state index contributed by atoms with van der Waals surface area (Å²) < 4.78 is 0.803. The third-order valence-corrected chi connectivity index (χ3v) is 3.02. The van der Waals surface area contributed by atoms with Crippen LogP contribution in [0.3, 0.4) is 0 Å². The summed E-state index contributed by atoms with van der Waals surface area (Å²) in [7, 11) is 0. The lowest BCUT2D eigenvalue weighted by atomic mass is 10.2. The molecule has 14 heavy (non-hydrogen) atoms. The lowest BCUT2D eigenvalue weighted by Gasteiger charge is -1.97. The molecule has 0 aliphatic carbocycles. The molecule has 0 aliphatic rings. The lowest BCUT2D eigenvalue weighted by molar-refractivity contribution is 1.10. The Labute approximate surface area is 98.6 Å². The number of nitrogens with one attached hydrogen (secondary N) is 1. The molecule has 0 spiro atoms. The number of halogens is 3. The van der Waals surface area contributed by atoms with Gasteiger partial charge in [-0.2, -0.15) is 10.1 Å². The van der Waals surface area contributed by atoms with Gasteiger partial charge in [0.2, 0.25) is 5.28 Å². The minimum atomic E-state index is 0.270. The van der Waals surface area contributed by atoms with Crippen molar-refractivity contribution in [1.82, 2.24) is 15.2 Å². The van der Waals surface area contributed by atoms with Gasteiger partial charge in [0, 0.05) is 10.0 Å². The number of rotatable bonds is 1. The molecule has 0 bridgehead atoms. The molecular weight excluding hydrogens is 289 g/mol. The van der Waals surface area contributed by atoms with Crippen LogP contribution >= 0.6 is 39.1 Å². The Morgan fingerprint density at radius 3 is 2.64 bits per heavy atom. The number of aromatic nitrogens is 3. The van der Waals surface area contributed by atoms with Gasteiger partial charge in [-0.3, -0.25) is 0 Å². The van der Waals surface area contributed by atoms with Crippen molar-refractivity contribution in [3.8, 4) is 11.4 Å². The first kappa shape index (κ1) is 9.96. The van der Waals surface area contributed by atoms with Gasteiger partial charge in [-0.25, -0.2) is 5.10 Å². The zero-order chi connectivity index (χ0) is 10.1. The third-order valence-electron chi connectivity index (χ3n) is 1.64. The summed E-state index contributed by atoms with van der Waals surface area (Å²) in [6.45, 7) is 0. The molecule has 6 heteroatoms. The highest BCUT2D eigenvalue weighted by atomic mass is 79.9. The van der Waals surface area contributed by atoms with E-state index in [0.29, 0.717) is 10.8 Å². The molecule has 2 aromatic rings. The smallest absolute Gasteiger partial charge is 0.218 e. The molecule has 0 amide bonds. The van der Waals surface area contributed by atoms with Crippen molar-refractivity contribution in [1.29, 1.82) is 0 Å². The van der Waals surface area contributed by atoms with E-state index < -0.39 is 0 Å². The predicted molar refractivity (Wildman–Crippen MR) is 59.5 cm³/mol. The minimum absolute atomic E-state index is 0.270. The number of hydrogen-bond donors (Lipinski definition) is 1. The number of nitrogens with zero attached hydrogens (tertiary/aromatic N) is 2. The van der Waals surface area contributed by atoms with E-state index in [2.05, 4.69) is 31.1 Å². The van der Waals surface area contributed by atoms with Crippen molar-refractivity contribution >= 4 is 39.1 Å². The molecule has 0 atom stereocenters. The molecular formula is C8H4BrCl2N3. The molecule has 1 aromatic heterocycles. The van der Waals surface area contributed by atoms with Crippen LogP contribution in [0.1, 0.15) is 0 Å². The Bertz CT molecular complexity index is 469. The van der Waals surface area contributed by atoms with E-state index in [1.165, 1.54) is 0 Å². The van der Waals surface area contributed by atoms with Crippen LogP contribution in [0, 0.1) is 0 Å². The zero-order valence-corrected chi connectivity index (χ0v) is 9.86. The molecule has 0 saturated heterocycles. The average molecular weight is 293 g/mol. The fraction of sp³-hybridized carbons (Fsp3) is 0. The Morgan fingerprint density at radius 1 is 1.29 bits per heavy atom. The van der Waals surface area contributed by atoms with E-state index in [-0.39, 0.29) is 5.28 Å². The summed E-state index contributed by atoms with van der Waals surface area (Å²) in [6, 6.07) is 5.43. The molecule has 0 unspecified atom stereocenters. The normalized spacial score (nSPS) is 10.5. The summed E-state index contributed by atoms with van der Waals surface area (Å²) in [5.74, 6) is 0.548. The summed E-state index contributed by atoms with van der Waals surface area (Å²) in [5.41, 5.74) is 0.851. The second-order valence-corrected chi connectivity index (χ2v) is 4.20. The predicted octanol–water partition coefficient (Wildman–Crippen LogP) is 3.54. The van der Waals surface area contributed by atoms with Gasteiger partial charge in [-0.05, 0) is 45.7 Å².